The number of hydrogen-bond acceptors (Lipinski definition) is 0. The number of unbranched alkanes of at least 4 members (excludes halogenated alkanes) is 10. The van der Waals surface area contributed by atoms with Gasteiger partial charge in [-0.05, 0) is 19.3 Å². The number of hydrogen-bond donors (Lipinski definition) is 0. The van der Waals surface area contributed by atoms with Crippen molar-refractivity contribution in [2.45, 2.75) is 90.9 Å². The first-order chi connectivity index (χ1) is 8.91. The highest BCUT2D eigenvalue weighted by Crippen LogP contribution is 2.09. The van der Waals surface area contributed by atoms with Crippen molar-refractivity contribution < 1.29 is 0 Å². The monoisotopic (exact) mass is 250 g/mol. The van der Waals surface area contributed by atoms with Crippen LogP contribution < -0.4 is 0 Å². The zero-order valence-corrected chi connectivity index (χ0v) is 12.8. The predicted octanol–water partition coefficient (Wildman–Crippen LogP) is 6.82. The van der Waals surface area contributed by atoms with E-state index in [1.54, 1.807) is 0 Å². The molecule has 0 aliphatic rings. The molecule has 0 amide bonds. The minimum Gasteiger partial charge on any atom is -0.0845 e. The van der Waals surface area contributed by atoms with Crippen molar-refractivity contribution in [3.63, 3.8) is 0 Å². The molecule has 0 heteroatoms. The molecule has 0 aliphatic carbocycles. The summed E-state index contributed by atoms with van der Waals surface area (Å²) in [5.74, 6) is 0. The molecule has 0 aliphatic heterocycles. The van der Waals surface area contributed by atoms with Crippen LogP contribution in [0.2, 0.25) is 0 Å². The molecule has 106 valence electrons. The minimum atomic E-state index is 1.23. The third-order valence-corrected chi connectivity index (χ3v) is 3.33. The SMILES string of the molecule is CCCCC=C/C=C/CCCCCCCCCC. The maximum atomic E-state index is 2.32. The first-order valence-electron chi connectivity index (χ1n) is 8.23. The summed E-state index contributed by atoms with van der Waals surface area (Å²) in [4.78, 5) is 0. The highest BCUT2D eigenvalue weighted by atomic mass is 14.0. The summed E-state index contributed by atoms with van der Waals surface area (Å²) in [5, 5.41) is 0. The molecule has 0 aromatic heterocycles. The molecule has 18 heavy (non-hydrogen) atoms. The average molecular weight is 250 g/mol. The van der Waals surface area contributed by atoms with Crippen LogP contribution in [-0.4, -0.2) is 0 Å². The second-order valence-corrected chi connectivity index (χ2v) is 5.26. The van der Waals surface area contributed by atoms with E-state index in [0.29, 0.717) is 0 Å². The summed E-state index contributed by atoms with van der Waals surface area (Å²) in [6, 6.07) is 0. The van der Waals surface area contributed by atoms with Crippen molar-refractivity contribution in [2.75, 3.05) is 0 Å². The summed E-state index contributed by atoms with van der Waals surface area (Å²) in [7, 11) is 0. The molecule has 0 unspecified atom stereocenters. The second kappa shape index (κ2) is 16.5. The van der Waals surface area contributed by atoms with Gasteiger partial charge in [0.25, 0.3) is 0 Å². The van der Waals surface area contributed by atoms with Gasteiger partial charge < -0.3 is 0 Å². The molecule has 0 heterocycles. The van der Waals surface area contributed by atoms with Crippen LogP contribution in [0.1, 0.15) is 90.9 Å². The molecular weight excluding hydrogens is 216 g/mol. The van der Waals surface area contributed by atoms with Crippen LogP contribution in [0.5, 0.6) is 0 Å². The van der Waals surface area contributed by atoms with E-state index >= 15 is 0 Å². The van der Waals surface area contributed by atoms with Gasteiger partial charge in [0.15, 0.2) is 0 Å². The lowest BCUT2D eigenvalue weighted by Gasteiger charge is -1.99. The Bertz CT molecular complexity index is 188. The van der Waals surface area contributed by atoms with Gasteiger partial charge in [-0.1, -0.05) is 95.9 Å². The fourth-order valence-electron chi connectivity index (χ4n) is 2.07. The molecule has 0 saturated carbocycles. The van der Waals surface area contributed by atoms with E-state index in [9.17, 15) is 0 Å². The zero-order valence-electron chi connectivity index (χ0n) is 12.8. The standard InChI is InChI=1S/C18H34/c1-3-5-7-9-11-13-15-17-18-16-14-12-10-8-6-4-2/h9,11,13,15H,3-8,10,12,14,16-18H2,1-2H3/b11-9?,15-13+. The van der Waals surface area contributed by atoms with Gasteiger partial charge in [0.2, 0.25) is 0 Å². The third-order valence-electron chi connectivity index (χ3n) is 3.33. The van der Waals surface area contributed by atoms with Gasteiger partial charge in [0.1, 0.15) is 0 Å². The minimum absolute atomic E-state index is 1.23. The molecule has 0 bridgehead atoms. The van der Waals surface area contributed by atoms with Crippen molar-refractivity contribution >= 4 is 0 Å². The van der Waals surface area contributed by atoms with Crippen molar-refractivity contribution in [3.8, 4) is 0 Å². The van der Waals surface area contributed by atoms with E-state index in [-0.39, 0.29) is 0 Å². The molecule has 0 N–H and O–H groups in total. The Morgan fingerprint density at radius 3 is 1.50 bits per heavy atom. The van der Waals surface area contributed by atoms with Crippen LogP contribution in [0, 0.1) is 0 Å². The van der Waals surface area contributed by atoms with Crippen LogP contribution in [0.4, 0.5) is 0 Å². The fourth-order valence-corrected chi connectivity index (χ4v) is 2.07. The molecule has 0 saturated heterocycles. The number of allylic oxidation sites excluding steroid dienone is 4. The van der Waals surface area contributed by atoms with Crippen LogP contribution in [0.15, 0.2) is 24.3 Å². The predicted molar refractivity (Wildman–Crippen MR) is 85.0 cm³/mol. The highest BCUT2D eigenvalue weighted by molar-refractivity contribution is 5.02. The van der Waals surface area contributed by atoms with E-state index in [1.807, 2.05) is 0 Å². The normalized spacial score (nSPS) is 11.9. The fraction of sp³-hybridized carbons (Fsp3) is 0.778. The van der Waals surface area contributed by atoms with Gasteiger partial charge in [-0.15, -0.1) is 0 Å². The summed E-state index contributed by atoms with van der Waals surface area (Å²) < 4.78 is 0. The lowest BCUT2D eigenvalue weighted by Crippen LogP contribution is -1.79. The number of rotatable bonds is 13. The van der Waals surface area contributed by atoms with Crippen LogP contribution in [-0.2, 0) is 0 Å². The van der Waals surface area contributed by atoms with E-state index < -0.39 is 0 Å². The van der Waals surface area contributed by atoms with Crippen molar-refractivity contribution in [1.82, 2.24) is 0 Å². The Balaban J connectivity index is 3.10. The van der Waals surface area contributed by atoms with Gasteiger partial charge in [-0.25, -0.2) is 0 Å². The largest absolute Gasteiger partial charge is 0.0845 e. The van der Waals surface area contributed by atoms with Crippen molar-refractivity contribution in [1.29, 1.82) is 0 Å². The molecule has 0 aromatic rings. The zero-order chi connectivity index (χ0) is 13.3. The van der Waals surface area contributed by atoms with E-state index in [1.165, 1.54) is 77.0 Å². The summed E-state index contributed by atoms with van der Waals surface area (Å²) in [5.41, 5.74) is 0. The Morgan fingerprint density at radius 2 is 0.944 bits per heavy atom. The van der Waals surface area contributed by atoms with Crippen LogP contribution in [0.3, 0.4) is 0 Å². The summed E-state index contributed by atoms with van der Waals surface area (Å²) in [6.45, 7) is 4.52. The Hall–Kier alpha value is -0.520. The molecule has 0 atom stereocenters. The van der Waals surface area contributed by atoms with E-state index in [0.717, 1.165) is 0 Å². The smallest absolute Gasteiger partial charge is 0.0348 e. The van der Waals surface area contributed by atoms with Gasteiger partial charge in [0, 0.05) is 0 Å². The molecule has 0 radical (unpaired) electrons. The Kier molecular flexibility index (Phi) is 16.0. The maximum Gasteiger partial charge on any atom is -0.0348 e. The average Bonchev–Trinajstić information content (AvgIpc) is 2.39. The molecule has 0 fully saturated rings. The molecule has 0 aromatic carbocycles. The van der Waals surface area contributed by atoms with Gasteiger partial charge >= 0.3 is 0 Å². The molecular formula is C18H34. The van der Waals surface area contributed by atoms with E-state index in [4.69, 9.17) is 0 Å². The Labute approximate surface area is 116 Å². The quantitative estimate of drug-likeness (QED) is 0.248. The van der Waals surface area contributed by atoms with Crippen molar-refractivity contribution in [3.05, 3.63) is 24.3 Å². The van der Waals surface area contributed by atoms with Crippen LogP contribution >= 0.6 is 0 Å². The third kappa shape index (κ3) is 15.5. The maximum absolute atomic E-state index is 2.32. The van der Waals surface area contributed by atoms with Crippen LogP contribution in [0.25, 0.3) is 0 Å². The first kappa shape index (κ1) is 17.5. The van der Waals surface area contributed by atoms with Gasteiger partial charge in [0.05, 0.1) is 0 Å². The highest BCUT2D eigenvalue weighted by Gasteiger charge is 1.89. The van der Waals surface area contributed by atoms with Gasteiger partial charge in [-0.2, -0.15) is 0 Å². The molecule has 0 nitrogen and oxygen atoms in total. The first-order valence-corrected chi connectivity index (χ1v) is 8.23. The Morgan fingerprint density at radius 1 is 0.500 bits per heavy atom. The summed E-state index contributed by atoms with van der Waals surface area (Å²) >= 11 is 0. The lowest BCUT2D eigenvalue weighted by molar-refractivity contribution is 0.577. The second-order valence-electron chi connectivity index (χ2n) is 5.26. The lowest BCUT2D eigenvalue weighted by atomic mass is 10.1. The van der Waals surface area contributed by atoms with Gasteiger partial charge in [-0.3, -0.25) is 0 Å². The molecule has 0 spiro atoms. The topological polar surface area (TPSA) is 0 Å². The molecule has 0 rings (SSSR count). The summed E-state index contributed by atoms with van der Waals surface area (Å²) in [6.07, 6.45) is 25.5. The van der Waals surface area contributed by atoms with Crippen molar-refractivity contribution in [2.24, 2.45) is 0 Å². The van der Waals surface area contributed by atoms with E-state index in [2.05, 4.69) is 38.2 Å².